The number of rotatable bonds is 4. The van der Waals surface area contributed by atoms with Crippen molar-refractivity contribution in [1.29, 1.82) is 0 Å². The zero-order valence-corrected chi connectivity index (χ0v) is 16.5. The molecule has 1 fully saturated rings. The van der Waals surface area contributed by atoms with Crippen LogP contribution < -0.4 is 4.90 Å². The van der Waals surface area contributed by atoms with Crippen molar-refractivity contribution >= 4 is 21.7 Å². The summed E-state index contributed by atoms with van der Waals surface area (Å²) in [6.07, 6.45) is 0. The van der Waals surface area contributed by atoms with Crippen molar-refractivity contribution in [3.05, 3.63) is 47.7 Å². The summed E-state index contributed by atoms with van der Waals surface area (Å²) in [6.45, 7) is 3.70. The second-order valence-electron chi connectivity index (χ2n) is 6.68. The lowest BCUT2D eigenvalue weighted by Gasteiger charge is -2.34. The zero-order chi connectivity index (χ0) is 19.6. The number of aryl methyl sites for hydroxylation is 1. The Labute approximate surface area is 159 Å². The lowest BCUT2D eigenvalue weighted by molar-refractivity contribution is 0.0821. The van der Waals surface area contributed by atoms with Crippen LogP contribution in [0.15, 0.2) is 41.3 Å². The Balaban J connectivity index is 1.66. The molecule has 0 bridgehead atoms. The van der Waals surface area contributed by atoms with Gasteiger partial charge in [-0.2, -0.15) is 4.31 Å². The first kappa shape index (κ1) is 19.2. The van der Waals surface area contributed by atoms with Crippen LogP contribution in [0.4, 0.5) is 5.82 Å². The molecule has 8 nitrogen and oxygen atoms in total. The van der Waals surface area contributed by atoms with Crippen molar-refractivity contribution in [2.75, 3.05) is 45.2 Å². The number of amides is 1. The molecule has 2 aromatic rings. The van der Waals surface area contributed by atoms with Gasteiger partial charge in [-0.1, -0.05) is 17.7 Å². The number of piperazine rings is 1. The minimum absolute atomic E-state index is 0.205. The van der Waals surface area contributed by atoms with E-state index < -0.39 is 10.0 Å². The number of hydrogen-bond acceptors (Lipinski definition) is 6. The molecule has 27 heavy (non-hydrogen) atoms. The molecule has 1 aromatic heterocycles. The SMILES string of the molecule is Cc1ccc(S(=O)(=O)N2CCN(c3ccc(C(=O)N(C)C)nn3)CC2)cc1. The fraction of sp³-hybridized carbons (Fsp3) is 0.389. The van der Waals surface area contributed by atoms with E-state index in [-0.39, 0.29) is 11.6 Å². The summed E-state index contributed by atoms with van der Waals surface area (Å²) in [5.74, 6) is 0.431. The van der Waals surface area contributed by atoms with Gasteiger partial charge in [0.05, 0.1) is 4.90 Å². The molecule has 1 aliphatic rings. The lowest BCUT2D eigenvalue weighted by Crippen LogP contribution is -2.49. The van der Waals surface area contributed by atoms with E-state index in [9.17, 15) is 13.2 Å². The summed E-state index contributed by atoms with van der Waals surface area (Å²) >= 11 is 0. The summed E-state index contributed by atoms with van der Waals surface area (Å²) < 4.78 is 27.0. The van der Waals surface area contributed by atoms with E-state index in [1.54, 1.807) is 50.5 Å². The van der Waals surface area contributed by atoms with Gasteiger partial charge in [-0.3, -0.25) is 4.79 Å². The van der Waals surface area contributed by atoms with Gasteiger partial charge in [0.1, 0.15) is 0 Å². The lowest BCUT2D eigenvalue weighted by atomic mass is 10.2. The van der Waals surface area contributed by atoms with Crippen LogP contribution in [-0.4, -0.2) is 74.0 Å². The summed E-state index contributed by atoms with van der Waals surface area (Å²) in [6, 6.07) is 10.3. The predicted molar refractivity (Wildman–Crippen MR) is 102 cm³/mol. The van der Waals surface area contributed by atoms with Crippen molar-refractivity contribution in [2.45, 2.75) is 11.8 Å². The fourth-order valence-corrected chi connectivity index (χ4v) is 4.28. The van der Waals surface area contributed by atoms with Gasteiger partial charge in [-0.25, -0.2) is 8.42 Å². The molecule has 1 aliphatic heterocycles. The van der Waals surface area contributed by atoms with Crippen molar-refractivity contribution in [2.24, 2.45) is 0 Å². The van der Waals surface area contributed by atoms with Crippen molar-refractivity contribution in [1.82, 2.24) is 19.4 Å². The van der Waals surface area contributed by atoms with Crippen LogP contribution in [0.3, 0.4) is 0 Å². The molecule has 9 heteroatoms. The third kappa shape index (κ3) is 4.09. The standard InChI is InChI=1S/C18H23N5O3S/c1-14-4-6-15(7-5-14)27(25,26)23-12-10-22(11-13-23)17-9-8-16(19-20-17)18(24)21(2)3/h4-9H,10-13H2,1-3H3. The Morgan fingerprint density at radius 1 is 0.963 bits per heavy atom. The number of carbonyl (C=O) groups is 1. The monoisotopic (exact) mass is 389 g/mol. The van der Waals surface area contributed by atoms with Crippen LogP contribution in [0.25, 0.3) is 0 Å². The smallest absolute Gasteiger partial charge is 0.273 e. The van der Waals surface area contributed by atoms with E-state index in [1.807, 2.05) is 11.8 Å². The Kier molecular flexibility index (Phi) is 5.43. The number of carbonyl (C=O) groups excluding carboxylic acids is 1. The number of sulfonamides is 1. The Hall–Kier alpha value is -2.52. The fourth-order valence-electron chi connectivity index (χ4n) is 2.85. The molecular weight excluding hydrogens is 366 g/mol. The molecule has 0 radical (unpaired) electrons. The third-order valence-corrected chi connectivity index (χ3v) is 6.41. The van der Waals surface area contributed by atoms with Crippen LogP contribution in [0.5, 0.6) is 0 Å². The number of nitrogens with zero attached hydrogens (tertiary/aromatic N) is 5. The normalized spacial score (nSPS) is 15.6. The molecule has 144 valence electrons. The number of benzene rings is 1. The van der Waals surface area contributed by atoms with Crippen molar-refractivity contribution in [3.63, 3.8) is 0 Å². The van der Waals surface area contributed by atoms with Crippen molar-refractivity contribution in [3.8, 4) is 0 Å². The molecule has 1 saturated heterocycles. The van der Waals surface area contributed by atoms with Crippen LogP contribution in [-0.2, 0) is 10.0 Å². The van der Waals surface area contributed by atoms with E-state index >= 15 is 0 Å². The van der Waals surface area contributed by atoms with Gasteiger partial charge in [0.15, 0.2) is 11.5 Å². The highest BCUT2D eigenvalue weighted by atomic mass is 32.2. The van der Waals surface area contributed by atoms with E-state index in [0.29, 0.717) is 36.9 Å². The van der Waals surface area contributed by atoms with Crippen LogP contribution in [0.2, 0.25) is 0 Å². The topological polar surface area (TPSA) is 86.7 Å². The highest BCUT2D eigenvalue weighted by molar-refractivity contribution is 7.89. The number of anilines is 1. The average Bonchev–Trinajstić information content (AvgIpc) is 2.68. The third-order valence-electron chi connectivity index (χ3n) is 4.50. The molecule has 0 N–H and O–H groups in total. The molecule has 0 spiro atoms. The molecular formula is C18H23N5O3S. The van der Waals surface area contributed by atoms with Crippen LogP contribution >= 0.6 is 0 Å². The first-order valence-corrected chi connectivity index (χ1v) is 10.1. The van der Waals surface area contributed by atoms with E-state index in [4.69, 9.17) is 0 Å². The second-order valence-corrected chi connectivity index (χ2v) is 8.62. The van der Waals surface area contributed by atoms with Crippen LogP contribution in [0.1, 0.15) is 16.1 Å². The van der Waals surface area contributed by atoms with Gasteiger partial charge in [0, 0.05) is 40.3 Å². The Morgan fingerprint density at radius 2 is 1.59 bits per heavy atom. The zero-order valence-electron chi connectivity index (χ0n) is 15.7. The largest absolute Gasteiger partial charge is 0.352 e. The summed E-state index contributed by atoms with van der Waals surface area (Å²) in [4.78, 5) is 15.6. The summed E-state index contributed by atoms with van der Waals surface area (Å²) in [5.41, 5.74) is 1.30. The first-order valence-electron chi connectivity index (χ1n) is 8.66. The van der Waals surface area contributed by atoms with Gasteiger partial charge in [0.25, 0.3) is 5.91 Å². The van der Waals surface area contributed by atoms with Gasteiger partial charge >= 0.3 is 0 Å². The van der Waals surface area contributed by atoms with Gasteiger partial charge in [-0.15, -0.1) is 10.2 Å². The van der Waals surface area contributed by atoms with Gasteiger partial charge < -0.3 is 9.80 Å². The maximum atomic E-state index is 12.8. The highest BCUT2D eigenvalue weighted by Gasteiger charge is 2.29. The maximum absolute atomic E-state index is 12.8. The predicted octanol–water partition coefficient (Wildman–Crippen LogP) is 0.998. The molecule has 0 saturated carbocycles. The summed E-state index contributed by atoms with van der Waals surface area (Å²) in [7, 11) is -0.175. The molecule has 0 unspecified atom stereocenters. The second kappa shape index (κ2) is 7.61. The Bertz CT molecular complexity index is 903. The maximum Gasteiger partial charge on any atom is 0.273 e. The van der Waals surface area contributed by atoms with E-state index in [0.717, 1.165) is 5.56 Å². The number of hydrogen-bond donors (Lipinski definition) is 0. The van der Waals surface area contributed by atoms with Gasteiger partial charge in [-0.05, 0) is 31.2 Å². The molecule has 1 aromatic carbocycles. The van der Waals surface area contributed by atoms with E-state index in [2.05, 4.69) is 10.2 Å². The van der Waals surface area contributed by atoms with Crippen LogP contribution in [0, 0.1) is 6.92 Å². The molecule has 1 amide bonds. The average molecular weight is 389 g/mol. The van der Waals surface area contributed by atoms with Gasteiger partial charge in [0.2, 0.25) is 10.0 Å². The quantitative estimate of drug-likeness (QED) is 0.775. The molecule has 2 heterocycles. The molecule has 0 aliphatic carbocycles. The van der Waals surface area contributed by atoms with E-state index in [1.165, 1.54) is 9.21 Å². The Morgan fingerprint density at radius 3 is 2.11 bits per heavy atom. The minimum atomic E-state index is -3.49. The molecule has 0 atom stereocenters. The minimum Gasteiger partial charge on any atom is -0.352 e. The first-order chi connectivity index (χ1) is 12.8. The highest BCUT2D eigenvalue weighted by Crippen LogP contribution is 2.20. The van der Waals surface area contributed by atoms with Crippen molar-refractivity contribution < 1.29 is 13.2 Å². The number of aromatic nitrogens is 2. The summed E-state index contributed by atoms with van der Waals surface area (Å²) in [5, 5.41) is 8.11. The molecule has 3 rings (SSSR count).